The Hall–Kier alpha value is -2.81. The van der Waals surface area contributed by atoms with Crippen molar-refractivity contribution < 1.29 is 23.0 Å². The number of halogens is 4. The third-order valence-electron chi connectivity index (χ3n) is 3.07. The number of ether oxygens (including phenoxy) is 1. The largest absolute Gasteiger partial charge is 0.515 e. The summed E-state index contributed by atoms with van der Waals surface area (Å²) >= 11 is 5.88. The van der Waals surface area contributed by atoms with Gasteiger partial charge in [0.2, 0.25) is 5.88 Å². The van der Waals surface area contributed by atoms with Crippen molar-refractivity contribution in [1.29, 1.82) is 5.41 Å². The minimum atomic E-state index is -4.48. The van der Waals surface area contributed by atoms with Crippen LogP contribution >= 0.6 is 11.6 Å². The van der Waals surface area contributed by atoms with Gasteiger partial charge in [0.05, 0.1) is 11.6 Å². The molecule has 26 heavy (non-hydrogen) atoms. The molecule has 3 N–H and O–H groups in total. The van der Waals surface area contributed by atoms with E-state index in [1.165, 1.54) is 36.9 Å². The Morgan fingerprint density at radius 3 is 2.77 bits per heavy atom. The number of aromatic nitrogens is 2. The van der Waals surface area contributed by atoms with E-state index in [-0.39, 0.29) is 22.8 Å². The predicted octanol–water partition coefficient (Wildman–Crippen LogP) is 1.37. The van der Waals surface area contributed by atoms with Crippen molar-refractivity contribution in [2.75, 3.05) is 6.61 Å². The minimum absolute atomic E-state index is 0.0468. The van der Waals surface area contributed by atoms with Gasteiger partial charge in [-0.3, -0.25) is 4.98 Å². The molecule has 2 aromatic rings. The molecule has 0 atom stereocenters. The summed E-state index contributed by atoms with van der Waals surface area (Å²) in [6, 6.07) is 2.89. The second-order valence-corrected chi connectivity index (χ2v) is 5.47. The van der Waals surface area contributed by atoms with Crippen LogP contribution in [0.5, 0.6) is 5.88 Å². The lowest BCUT2D eigenvalue weighted by Crippen LogP contribution is -2.37. The van der Waals surface area contributed by atoms with E-state index >= 15 is 0 Å². The molecule has 0 saturated heterocycles. The summed E-state index contributed by atoms with van der Waals surface area (Å²) < 4.78 is 41.0. The summed E-state index contributed by atoms with van der Waals surface area (Å²) in [5.74, 6) is -0.302. The maximum Gasteiger partial charge on any atom is 0.422 e. The van der Waals surface area contributed by atoms with Crippen molar-refractivity contribution in [1.82, 2.24) is 15.3 Å². The van der Waals surface area contributed by atoms with Crippen LogP contribution in [0.4, 0.5) is 13.2 Å². The minimum Gasteiger partial charge on any atom is -0.515 e. The van der Waals surface area contributed by atoms with Crippen LogP contribution in [0.1, 0.15) is 5.56 Å². The molecule has 10 heteroatoms. The zero-order valence-corrected chi connectivity index (χ0v) is 14.0. The van der Waals surface area contributed by atoms with Gasteiger partial charge in [-0.15, -0.1) is 0 Å². The lowest BCUT2D eigenvalue weighted by atomic mass is 10.3. The number of hydrogen-bond donors (Lipinski definition) is 3. The number of aliphatic hydroxyl groups is 1. The van der Waals surface area contributed by atoms with E-state index in [1.54, 1.807) is 0 Å². The fourth-order valence-corrected chi connectivity index (χ4v) is 2.15. The Bertz CT molecular complexity index is 951. The average molecular weight is 387 g/mol. The van der Waals surface area contributed by atoms with Gasteiger partial charge < -0.3 is 20.6 Å². The molecule has 0 saturated carbocycles. The third-order valence-corrected chi connectivity index (χ3v) is 3.34. The van der Waals surface area contributed by atoms with Crippen molar-refractivity contribution in [2.45, 2.75) is 12.7 Å². The molecule has 0 fully saturated rings. The van der Waals surface area contributed by atoms with Crippen LogP contribution in [-0.2, 0) is 6.54 Å². The number of nitrogens with zero attached hydrogens (tertiary/aromatic N) is 2. The van der Waals surface area contributed by atoms with Gasteiger partial charge >= 0.3 is 6.18 Å². The van der Waals surface area contributed by atoms with E-state index in [0.29, 0.717) is 16.0 Å². The van der Waals surface area contributed by atoms with Crippen LogP contribution in [0.25, 0.3) is 12.5 Å². The van der Waals surface area contributed by atoms with Crippen LogP contribution in [0.2, 0.25) is 5.02 Å². The molecule has 0 aliphatic heterocycles. The van der Waals surface area contributed by atoms with E-state index < -0.39 is 12.8 Å². The van der Waals surface area contributed by atoms with Crippen LogP contribution in [-0.4, -0.2) is 27.9 Å². The van der Waals surface area contributed by atoms with E-state index in [9.17, 15) is 18.3 Å². The molecular formula is C16H14ClF3N4O2. The highest BCUT2D eigenvalue weighted by atomic mass is 35.5. The zero-order chi connectivity index (χ0) is 19.2. The molecule has 0 radical (unpaired) electrons. The van der Waals surface area contributed by atoms with Crippen LogP contribution in [0.15, 0.2) is 30.7 Å². The molecule has 6 nitrogen and oxygen atoms in total. The van der Waals surface area contributed by atoms with E-state index in [1.807, 2.05) is 0 Å². The smallest absolute Gasteiger partial charge is 0.422 e. The quantitative estimate of drug-likeness (QED) is 0.722. The van der Waals surface area contributed by atoms with E-state index in [4.69, 9.17) is 17.0 Å². The van der Waals surface area contributed by atoms with Crippen LogP contribution < -0.4 is 25.8 Å². The second-order valence-electron chi connectivity index (χ2n) is 5.07. The number of pyridine rings is 1. The van der Waals surface area contributed by atoms with Gasteiger partial charge in [-0.05, 0) is 17.7 Å². The molecule has 0 unspecified atom stereocenters. The zero-order valence-electron chi connectivity index (χ0n) is 13.2. The summed E-state index contributed by atoms with van der Waals surface area (Å²) in [6.45, 7) is -1.24. The standard InChI is InChI=1S/C16H14ClF3N4O2/c17-13-3-10(5-24-15(13)26-9-16(18,19)20)4-23-7-12-11(8-25)6-22-2-1-14(12)21/h1-3,5-8,21,23,25H,4,9H2/b11-8?,12-7-,21-14?. The Balaban J connectivity index is 2.14. The Labute approximate surface area is 150 Å². The highest BCUT2D eigenvalue weighted by molar-refractivity contribution is 6.31. The van der Waals surface area contributed by atoms with E-state index in [0.717, 1.165) is 6.26 Å². The maximum absolute atomic E-state index is 12.2. The molecule has 0 bridgehead atoms. The monoisotopic (exact) mass is 386 g/mol. The average Bonchev–Trinajstić information content (AvgIpc) is 2.75. The normalized spacial score (nSPS) is 12.9. The van der Waals surface area contributed by atoms with Gasteiger partial charge in [0.25, 0.3) is 0 Å². The summed E-state index contributed by atoms with van der Waals surface area (Å²) in [5.41, 5.74) is 0.588. The lowest BCUT2D eigenvalue weighted by molar-refractivity contribution is -0.154. The fourth-order valence-electron chi connectivity index (χ4n) is 1.91. The van der Waals surface area contributed by atoms with Crippen LogP contribution in [0, 0.1) is 5.41 Å². The number of aliphatic hydroxyl groups excluding tert-OH is 1. The summed E-state index contributed by atoms with van der Waals surface area (Å²) in [7, 11) is 0. The van der Waals surface area contributed by atoms with Gasteiger partial charge in [-0.25, -0.2) is 4.98 Å². The second kappa shape index (κ2) is 8.52. The molecule has 2 aromatic heterocycles. The van der Waals surface area contributed by atoms with Crippen molar-refractivity contribution in [3.8, 4) is 5.88 Å². The van der Waals surface area contributed by atoms with Gasteiger partial charge in [0, 0.05) is 41.8 Å². The first-order valence-corrected chi connectivity index (χ1v) is 7.59. The summed E-state index contributed by atoms with van der Waals surface area (Å²) in [4.78, 5) is 7.65. The maximum atomic E-state index is 12.2. The molecule has 2 heterocycles. The number of hydrogen-bond acceptors (Lipinski definition) is 6. The first kappa shape index (κ1) is 19.5. The van der Waals surface area contributed by atoms with Crippen molar-refractivity contribution in [3.63, 3.8) is 0 Å². The van der Waals surface area contributed by atoms with E-state index in [2.05, 4.69) is 20.0 Å². The Kier molecular flexibility index (Phi) is 6.40. The number of nitrogens with one attached hydrogen (secondary N) is 2. The number of alkyl halides is 3. The fraction of sp³-hybridized carbons (Fsp3) is 0.188. The van der Waals surface area contributed by atoms with Gasteiger partial charge in [0.1, 0.15) is 5.02 Å². The SMILES string of the molecule is N=c1ccncc(=CO)/c1=C/NCc1cnc(OCC(F)(F)F)c(Cl)c1. The van der Waals surface area contributed by atoms with Gasteiger partial charge in [-0.1, -0.05) is 11.6 Å². The van der Waals surface area contributed by atoms with Crippen LogP contribution in [0.3, 0.4) is 0 Å². The van der Waals surface area contributed by atoms with Crippen molar-refractivity contribution >= 4 is 24.1 Å². The van der Waals surface area contributed by atoms with Gasteiger partial charge in [0.15, 0.2) is 6.61 Å². The van der Waals surface area contributed by atoms with Gasteiger partial charge in [-0.2, -0.15) is 13.2 Å². The Morgan fingerprint density at radius 1 is 1.35 bits per heavy atom. The Morgan fingerprint density at radius 2 is 2.12 bits per heavy atom. The highest BCUT2D eigenvalue weighted by Crippen LogP contribution is 2.24. The molecular weight excluding hydrogens is 373 g/mol. The first-order valence-electron chi connectivity index (χ1n) is 7.21. The molecule has 0 aromatic carbocycles. The summed E-state index contributed by atoms with van der Waals surface area (Å²) in [5, 5.41) is 20.9. The first-order chi connectivity index (χ1) is 12.3. The third kappa shape index (κ3) is 5.62. The molecule has 2 rings (SSSR count). The molecule has 0 spiro atoms. The lowest BCUT2D eigenvalue weighted by Gasteiger charge is -2.10. The predicted molar refractivity (Wildman–Crippen MR) is 88.5 cm³/mol. The number of rotatable bonds is 5. The molecule has 0 amide bonds. The topological polar surface area (TPSA) is 91.1 Å². The van der Waals surface area contributed by atoms with Crippen molar-refractivity contribution in [2.24, 2.45) is 0 Å². The molecule has 0 aliphatic carbocycles. The summed E-state index contributed by atoms with van der Waals surface area (Å²) in [6.07, 6.45) is 2.02. The van der Waals surface area contributed by atoms with Crippen molar-refractivity contribution in [3.05, 3.63) is 57.1 Å². The molecule has 0 aliphatic rings. The molecule has 138 valence electrons. The highest BCUT2D eigenvalue weighted by Gasteiger charge is 2.29.